The van der Waals surface area contributed by atoms with Crippen LogP contribution in [0.5, 0.6) is 0 Å². The van der Waals surface area contributed by atoms with E-state index in [1.54, 1.807) is 0 Å². The quantitative estimate of drug-likeness (QED) is 0.213. The van der Waals surface area contributed by atoms with Crippen LogP contribution in [0.15, 0.2) is 91.0 Å². The first-order valence-corrected chi connectivity index (χ1v) is 16.9. The van der Waals surface area contributed by atoms with E-state index in [2.05, 4.69) is 39.2 Å². The molecule has 4 rings (SSSR count). The summed E-state index contributed by atoms with van der Waals surface area (Å²) in [7, 11) is -2.21. The molecule has 1 aliphatic heterocycles. The summed E-state index contributed by atoms with van der Waals surface area (Å²) >= 11 is 0. The lowest BCUT2D eigenvalue weighted by Crippen LogP contribution is -2.65. The molecule has 1 saturated heterocycles. The van der Waals surface area contributed by atoms with E-state index in [1.807, 2.05) is 103 Å². The molecule has 0 bridgehead atoms. The molecule has 40 heavy (non-hydrogen) atoms. The van der Waals surface area contributed by atoms with Gasteiger partial charge >= 0.3 is 6.09 Å². The highest BCUT2D eigenvalue weighted by molar-refractivity contribution is 6.74. The van der Waals surface area contributed by atoms with E-state index in [9.17, 15) is 9.59 Å². The number of carbonyl (C=O) groups is 2. The van der Waals surface area contributed by atoms with Crippen LogP contribution in [0.3, 0.4) is 0 Å². The maximum atomic E-state index is 13.9. The Morgan fingerprint density at radius 2 is 1.43 bits per heavy atom. The Morgan fingerprint density at radius 1 is 0.900 bits per heavy atom. The third-order valence-corrected chi connectivity index (χ3v) is 12.8. The molecule has 0 aromatic heterocycles. The fourth-order valence-corrected chi connectivity index (χ4v) is 6.46. The molecule has 1 aliphatic rings. The minimum atomic E-state index is -2.21. The second-order valence-corrected chi connectivity index (χ2v) is 16.9. The van der Waals surface area contributed by atoms with Crippen molar-refractivity contribution in [3.8, 4) is 0 Å². The molecule has 1 fully saturated rings. The topological polar surface area (TPSA) is 67.9 Å². The second-order valence-electron chi connectivity index (χ2n) is 12.1. The van der Waals surface area contributed by atoms with Crippen LogP contribution < -0.4 is 5.32 Å². The smallest absolute Gasteiger partial charge is 0.407 e. The molecule has 6 nitrogen and oxygen atoms in total. The maximum absolute atomic E-state index is 13.9. The zero-order valence-electron chi connectivity index (χ0n) is 24.5. The molecule has 4 atom stereocenters. The van der Waals surface area contributed by atoms with Gasteiger partial charge in [-0.3, -0.25) is 4.79 Å². The number of nitrogens with zero attached hydrogens (tertiary/aromatic N) is 1. The molecule has 3 aromatic rings. The zero-order valence-corrected chi connectivity index (χ0v) is 25.5. The summed E-state index contributed by atoms with van der Waals surface area (Å²) in [6.07, 6.45) is -0.954. The van der Waals surface area contributed by atoms with Crippen LogP contribution in [-0.4, -0.2) is 37.4 Å². The Bertz CT molecular complexity index is 1260. The van der Waals surface area contributed by atoms with E-state index in [0.29, 0.717) is 6.54 Å². The number of carbonyl (C=O) groups excluding carboxylic acids is 2. The average Bonchev–Trinajstić information content (AvgIpc) is 2.93. The summed E-state index contributed by atoms with van der Waals surface area (Å²) in [5, 5.41) is 3.04. The van der Waals surface area contributed by atoms with Crippen molar-refractivity contribution in [2.45, 2.75) is 77.2 Å². The van der Waals surface area contributed by atoms with Gasteiger partial charge in [0, 0.05) is 6.54 Å². The van der Waals surface area contributed by atoms with Gasteiger partial charge in [0.05, 0.1) is 24.1 Å². The average molecular weight is 559 g/mol. The fourth-order valence-electron chi connectivity index (χ4n) is 5.03. The van der Waals surface area contributed by atoms with E-state index in [4.69, 9.17) is 9.16 Å². The first-order chi connectivity index (χ1) is 19.0. The molecule has 0 radical (unpaired) electrons. The number of ether oxygens (including phenoxy) is 1. The van der Waals surface area contributed by atoms with Gasteiger partial charge in [-0.05, 0) is 41.7 Å². The number of rotatable bonds is 10. The molecule has 7 heteroatoms. The third kappa shape index (κ3) is 6.82. The van der Waals surface area contributed by atoms with Gasteiger partial charge in [0.15, 0.2) is 8.32 Å². The van der Waals surface area contributed by atoms with E-state index in [-0.39, 0.29) is 23.6 Å². The number of hydrogen-bond acceptors (Lipinski definition) is 4. The number of alkyl carbamates (subject to hydrolysis) is 1. The number of hydrogen-bond donors (Lipinski definition) is 1. The van der Waals surface area contributed by atoms with Crippen LogP contribution in [-0.2, 0) is 27.1 Å². The van der Waals surface area contributed by atoms with Gasteiger partial charge in [0.25, 0.3) is 0 Å². The first kappa shape index (κ1) is 29.6. The molecule has 0 spiro atoms. The van der Waals surface area contributed by atoms with Gasteiger partial charge in [-0.1, -0.05) is 112 Å². The highest BCUT2D eigenvalue weighted by Crippen LogP contribution is 2.45. The number of amides is 2. The summed E-state index contributed by atoms with van der Waals surface area (Å²) < 4.78 is 12.4. The van der Waals surface area contributed by atoms with Gasteiger partial charge in [-0.25, -0.2) is 4.79 Å². The second kappa shape index (κ2) is 12.4. The predicted octanol–water partition coefficient (Wildman–Crippen LogP) is 7.09. The molecule has 0 saturated carbocycles. The van der Waals surface area contributed by atoms with Crippen LogP contribution in [0.4, 0.5) is 4.79 Å². The van der Waals surface area contributed by atoms with Gasteiger partial charge in [0.2, 0.25) is 5.91 Å². The van der Waals surface area contributed by atoms with E-state index in [1.165, 1.54) is 0 Å². The first-order valence-electron chi connectivity index (χ1n) is 14.0. The van der Waals surface area contributed by atoms with Crippen molar-refractivity contribution in [3.63, 3.8) is 0 Å². The number of β-lactam (4-membered cyclic amide) rings is 1. The SMILES string of the molecule is C[C@@H](O[Si](C)(C)C(C)(C)C)[C@@H](NC(=O)OCc1ccccc1)[C@@H]1C(=O)N(Cc2ccccc2)[C@H]1c1ccccc1. The van der Waals surface area contributed by atoms with E-state index < -0.39 is 32.5 Å². The predicted molar refractivity (Wildman–Crippen MR) is 161 cm³/mol. The Hall–Kier alpha value is -3.42. The Balaban J connectivity index is 1.62. The van der Waals surface area contributed by atoms with Gasteiger partial charge in [-0.15, -0.1) is 0 Å². The lowest BCUT2D eigenvalue weighted by molar-refractivity contribution is -0.162. The minimum Gasteiger partial charge on any atom is -0.445 e. The Labute approximate surface area is 239 Å². The molecule has 2 amide bonds. The van der Waals surface area contributed by atoms with Crippen LogP contribution in [0.1, 0.15) is 50.4 Å². The summed E-state index contributed by atoms with van der Waals surface area (Å²) in [4.78, 5) is 29.0. The van der Waals surface area contributed by atoms with Crippen molar-refractivity contribution in [1.29, 1.82) is 0 Å². The summed E-state index contributed by atoms with van der Waals surface area (Å²) in [5.41, 5.74) is 3.00. The Morgan fingerprint density at radius 3 is 1.98 bits per heavy atom. The maximum Gasteiger partial charge on any atom is 0.407 e. The molecular weight excluding hydrogens is 516 g/mol. The fraction of sp³-hybridized carbons (Fsp3) is 0.394. The monoisotopic (exact) mass is 558 g/mol. The van der Waals surface area contributed by atoms with Crippen molar-refractivity contribution in [3.05, 3.63) is 108 Å². The van der Waals surface area contributed by atoms with Crippen molar-refractivity contribution in [2.24, 2.45) is 5.92 Å². The highest BCUT2D eigenvalue weighted by atomic mass is 28.4. The molecule has 212 valence electrons. The van der Waals surface area contributed by atoms with Gasteiger partial charge in [0.1, 0.15) is 6.61 Å². The summed E-state index contributed by atoms with van der Waals surface area (Å²) in [6, 6.07) is 28.8. The van der Waals surface area contributed by atoms with Crippen LogP contribution in [0.2, 0.25) is 18.1 Å². The van der Waals surface area contributed by atoms with Crippen molar-refractivity contribution < 1.29 is 18.8 Å². The summed E-state index contributed by atoms with van der Waals surface area (Å²) in [5.74, 6) is -0.494. The van der Waals surface area contributed by atoms with E-state index in [0.717, 1.165) is 16.7 Å². The van der Waals surface area contributed by atoms with Crippen molar-refractivity contribution in [1.82, 2.24) is 10.2 Å². The number of nitrogens with one attached hydrogen (secondary N) is 1. The largest absolute Gasteiger partial charge is 0.445 e. The van der Waals surface area contributed by atoms with Crippen molar-refractivity contribution >= 4 is 20.3 Å². The molecular formula is C33H42N2O4Si. The molecule has 3 aromatic carbocycles. The molecule has 1 N–H and O–H groups in total. The van der Waals surface area contributed by atoms with Crippen LogP contribution in [0.25, 0.3) is 0 Å². The normalized spacial score (nSPS) is 18.9. The Kier molecular flexibility index (Phi) is 9.16. The lowest BCUT2D eigenvalue weighted by Gasteiger charge is -2.52. The number of likely N-dealkylation sites (tertiary alicyclic amines) is 1. The van der Waals surface area contributed by atoms with Gasteiger partial charge < -0.3 is 19.4 Å². The van der Waals surface area contributed by atoms with Gasteiger partial charge in [-0.2, -0.15) is 0 Å². The third-order valence-electron chi connectivity index (χ3n) is 8.26. The number of benzene rings is 3. The standard InChI is InChI=1S/C33H42N2O4Si/c1-24(39-40(5,6)33(2,3)4)29(34-32(37)38-23-26-18-12-8-13-19-26)28-30(27-20-14-9-15-21-27)35(31(28)36)22-25-16-10-7-11-17-25/h7-21,24,28-30H,22-23H2,1-6H3,(H,34,37)/t24-,28+,29-,30+/m1/s1. The molecule has 0 unspecified atom stereocenters. The highest BCUT2D eigenvalue weighted by Gasteiger charge is 2.54. The zero-order chi connectivity index (χ0) is 28.9. The van der Waals surface area contributed by atoms with Crippen LogP contribution >= 0.6 is 0 Å². The lowest BCUT2D eigenvalue weighted by atomic mass is 9.75. The van der Waals surface area contributed by atoms with Crippen LogP contribution in [0, 0.1) is 5.92 Å². The molecule has 1 heterocycles. The van der Waals surface area contributed by atoms with E-state index >= 15 is 0 Å². The summed E-state index contributed by atoms with van der Waals surface area (Å²) in [6.45, 7) is 13.6. The van der Waals surface area contributed by atoms with Crippen molar-refractivity contribution in [2.75, 3.05) is 0 Å². The molecule has 0 aliphatic carbocycles. The minimum absolute atomic E-state index is 0.00301.